The van der Waals surface area contributed by atoms with Crippen molar-refractivity contribution in [2.24, 2.45) is 0 Å². The molecule has 0 aliphatic carbocycles. The van der Waals surface area contributed by atoms with Gasteiger partial charge in [0.25, 0.3) is 0 Å². The summed E-state index contributed by atoms with van der Waals surface area (Å²) in [6.07, 6.45) is 0. The maximum atomic E-state index is 6.86. The molecule has 334 valence electrons. The summed E-state index contributed by atoms with van der Waals surface area (Å²) in [5.41, 5.74) is 13.9. The lowest BCUT2D eigenvalue weighted by atomic mass is 9.84. The molecule has 2 aromatic heterocycles. The topological polar surface area (TPSA) is 19.6 Å². The second-order valence-electron chi connectivity index (χ2n) is 20.0. The molecule has 0 fully saturated rings. The first-order valence-corrected chi connectivity index (χ1v) is 25.3. The van der Waals surface area contributed by atoms with Gasteiger partial charge in [0.2, 0.25) is 0 Å². The zero-order valence-corrected chi connectivity index (χ0v) is 41.0. The minimum Gasteiger partial charge on any atom is -0.454 e. The molecular formula is C64H56N2OS. The van der Waals surface area contributed by atoms with Gasteiger partial charge >= 0.3 is 0 Å². The number of rotatable bonds is 10. The fraction of sp³-hybridized carbons (Fsp3) is 0.188. The zero-order chi connectivity index (χ0) is 46.5. The molecular weight excluding hydrogens is 845 g/mol. The van der Waals surface area contributed by atoms with Crippen molar-refractivity contribution in [3.05, 3.63) is 192 Å². The van der Waals surface area contributed by atoms with Crippen molar-refractivity contribution in [3.63, 3.8) is 0 Å². The smallest absolute Gasteiger partial charge is 0.159 e. The first-order valence-electron chi connectivity index (χ1n) is 24.4. The van der Waals surface area contributed by atoms with E-state index in [1.807, 2.05) is 11.3 Å². The molecule has 0 aliphatic rings. The molecule has 0 saturated heterocycles. The van der Waals surface area contributed by atoms with Crippen molar-refractivity contribution in [2.75, 3.05) is 9.80 Å². The Morgan fingerprint density at radius 2 is 0.838 bits per heavy atom. The first kappa shape index (κ1) is 42.2. The Hall–Kier alpha value is -7.14. The van der Waals surface area contributed by atoms with E-state index in [4.69, 9.17) is 4.42 Å². The van der Waals surface area contributed by atoms with Crippen LogP contribution in [0.4, 0.5) is 34.1 Å². The van der Waals surface area contributed by atoms with Crippen LogP contribution in [0.3, 0.4) is 0 Å². The number of hydrogen-bond donors (Lipinski definition) is 0. The van der Waals surface area contributed by atoms with Crippen molar-refractivity contribution >= 4 is 120 Å². The van der Waals surface area contributed by atoms with Gasteiger partial charge in [-0.3, -0.25) is 0 Å². The van der Waals surface area contributed by atoms with E-state index in [-0.39, 0.29) is 11.8 Å². The van der Waals surface area contributed by atoms with Crippen LogP contribution in [0.25, 0.3) is 74.4 Å². The first-order chi connectivity index (χ1) is 33.0. The van der Waals surface area contributed by atoms with Gasteiger partial charge < -0.3 is 14.2 Å². The van der Waals surface area contributed by atoms with E-state index in [0.29, 0.717) is 11.8 Å². The van der Waals surface area contributed by atoms with Gasteiger partial charge in [0, 0.05) is 48.4 Å². The predicted octanol–water partition coefficient (Wildman–Crippen LogP) is 20.3. The third-order valence-corrected chi connectivity index (χ3v) is 15.7. The number of furan rings is 1. The Morgan fingerprint density at radius 3 is 1.40 bits per heavy atom. The van der Waals surface area contributed by atoms with Crippen molar-refractivity contribution in [1.82, 2.24) is 0 Å². The predicted molar refractivity (Wildman–Crippen MR) is 296 cm³/mol. The minimum absolute atomic E-state index is 0.260. The maximum Gasteiger partial charge on any atom is 0.159 e. The number of thiophene rings is 1. The molecule has 0 atom stereocenters. The number of hydrogen-bond acceptors (Lipinski definition) is 4. The van der Waals surface area contributed by atoms with E-state index >= 15 is 0 Å². The highest BCUT2D eigenvalue weighted by Gasteiger charge is 2.28. The van der Waals surface area contributed by atoms with Crippen LogP contribution in [0.5, 0.6) is 0 Å². The summed E-state index contributed by atoms with van der Waals surface area (Å²) in [6.45, 7) is 18.5. The Labute approximate surface area is 403 Å². The van der Waals surface area contributed by atoms with Gasteiger partial charge in [-0.25, -0.2) is 0 Å². The lowest BCUT2D eigenvalue weighted by Gasteiger charge is -2.32. The van der Waals surface area contributed by atoms with E-state index in [9.17, 15) is 0 Å². The fourth-order valence-corrected chi connectivity index (χ4v) is 12.2. The molecule has 0 unspecified atom stereocenters. The van der Waals surface area contributed by atoms with Crippen LogP contribution in [-0.2, 0) is 0 Å². The molecule has 0 spiro atoms. The summed E-state index contributed by atoms with van der Waals surface area (Å²) < 4.78 is 9.46. The van der Waals surface area contributed by atoms with E-state index in [1.165, 1.54) is 86.1 Å². The molecule has 0 N–H and O–H groups in total. The van der Waals surface area contributed by atoms with Crippen LogP contribution in [0.2, 0.25) is 0 Å². The largest absolute Gasteiger partial charge is 0.454 e. The molecule has 4 heteroatoms. The molecule has 0 aliphatic heterocycles. The maximum absolute atomic E-state index is 6.86. The average molecular weight is 901 g/mol. The molecule has 12 aromatic rings. The number of nitrogens with zero attached hydrogens (tertiary/aromatic N) is 2. The van der Waals surface area contributed by atoms with Crippen LogP contribution in [0.15, 0.2) is 174 Å². The van der Waals surface area contributed by atoms with E-state index in [0.717, 1.165) is 44.7 Å². The van der Waals surface area contributed by atoms with Crippen LogP contribution in [0.1, 0.15) is 101 Å². The third-order valence-electron chi connectivity index (χ3n) is 14.5. The van der Waals surface area contributed by atoms with E-state index < -0.39 is 0 Å². The summed E-state index contributed by atoms with van der Waals surface area (Å²) >= 11 is 1.89. The van der Waals surface area contributed by atoms with Gasteiger partial charge in [0.05, 0.1) is 27.4 Å². The van der Waals surface area contributed by atoms with Crippen molar-refractivity contribution in [3.8, 4) is 0 Å². The second kappa shape index (κ2) is 16.3. The monoisotopic (exact) mass is 900 g/mol. The minimum atomic E-state index is 0.260. The molecule has 0 saturated carbocycles. The average Bonchev–Trinajstić information content (AvgIpc) is 3.93. The summed E-state index contributed by atoms with van der Waals surface area (Å²) in [6, 6.07) is 63.9. The normalized spacial score (nSPS) is 12.4. The second-order valence-corrected chi connectivity index (χ2v) is 21.1. The molecule has 0 bridgehead atoms. The van der Waals surface area contributed by atoms with Gasteiger partial charge in [-0.1, -0.05) is 165 Å². The Balaban J connectivity index is 1.20. The molecule has 68 heavy (non-hydrogen) atoms. The van der Waals surface area contributed by atoms with Gasteiger partial charge in [0.1, 0.15) is 5.58 Å². The Bertz CT molecular complexity index is 3610. The summed E-state index contributed by atoms with van der Waals surface area (Å²) in [7, 11) is 0. The SMILES string of the molecule is CC(C)c1ccc(N(c2cc(C(C)C)c3ccc4c(N(c5ccc(C(C)C)cc5)c5cccc6c5sc5ccccc56)cc(C(C)C)c5ccc2c3c54)c2cccc3c2oc2ccccc23)cc1. The van der Waals surface area contributed by atoms with Crippen LogP contribution in [-0.4, -0.2) is 0 Å². The van der Waals surface area contributed by atoms with Gasteiger partial charge in [0.15, 0.2) is 5.58 Å². The highest BCUT2D eigenvalue weighted by molar-refractivity contribution is 7.26. The quantitative estimate of drug-likeness (QED) is 0.128. The summed E-state index contributed by atoms with van der Waals surface area (Å²) in [4.78, 5) is 5.04. The highest BCUT2D eigenvalue weighted by atomic mass is 32.1. The number of anilines is 6. The molecule has 10 aromatic carbocycles. The van der Waals surface area contributed by atoms with Crippen molar-refractivity contribution in [1.29, 1.82) is 0 Å². The van der Waals surface area contributed by atoms with Crippen LogP contribution >= 0.6 is 11.3 Å². The molecule has 3 nitrogen and oxygen atoms in total. The third kappa shape index (κ3) is 6.59. The molecule has 2 heterocycles. The van der Waals surface area contributed by atoms with Crippen LogP contribution in [0, 0.1) is 0 Å². The highest BCUT2D eigenvalue weighted by Crippen LogP contribution is 2.53. The fourth-order valence-electron chi connectivity index (χ4n) is 11.0. The zero-order valence-electron chi connectivity index (χ0n) is 40.2. The van der Waals surface area contributed by atoms with Crippen molar-refractivity contribution < 1.29 is 4.42 Å². The standard InChI is InChI=1S/C64H56N2OS/c1-37(2)41-23-27-43(28-24-41)65(55-19-13-17-49-45-15-9-11-21-59(45)67-63(49)55)57-35-53(39(5)6)47-32-34-52-58(36-54(40(7)8)48-31-33-51(57)61(47)62(48)52)66(44-29-25-42(26-30-44)38(3)4)56-20-14-18-50-46-16-10-12-22-60(46)68-64(50)56/h9-40H,1-8H3. The molecule has 0 amide bonds. The summed E-state index contributed by atoms with van der Waals surface area (Å²) in [5.74, 6) is 1.38. The molecule has 12 rings (SSSR count). The van der Waals surface area contributed by atoms with E-state index in [2.05, 4.69) is 235 Å². The lowest BCUT2D eigenvalue weighted by molar-refractivity contribution is 0.669. The summed E-state index contributed by atoms with van der Waals surface area (Å²) in [5, 5.41) is 12.5. The van der Waals surface area contributed by atoms with E-state index in [1.54, 1.807) is 0 Å². The van der Waals surface area contributed by atoms with Crippen LogP contribution < -0.4 is 9.80 Å². The Morgan fingerprint density at radius 1 is 0.368 bits per heavy atom. The molecule has 0 radical (unpaired) electrons. The van der Waals surface area contributed by atoms with Gasteiger partial charge in [-0.15, -0.1) is 11.3 Å². The van der Waals surface area contributed by atoms with Gasteiger partial charge in [-0.2, -0.15) is 0 Å². The lowest BCUT2D eigenvalue weighted by Crippen LogP contribution is -2.13. The number of benzene rings is 10. The van der Waals surface area contributed by atoms with Gasteiger partial charge in [-0.05, 0) is 128 Å². The number of fused-ring (bicyclic) bond motifs is 6. The number of para-hydroxylation sites is 2. The van der Waals surface area contributed by atoms with Crippen molar-refractivity contribution in [2.45, 2.75) is 79.1 Å². The Kier molecular flexibility index (Phi) is 10.1.